The van der Waals surface area contributed by atoms with Gasteiger partial charge < -0.3 is 15.1 Å². The molecule has 2 aliphatic rings. The number of fused-ring (bicyclic) bond motifs is 1. The minimum Gasteiger partial charge on any atom is -0.369 e. The average molecular weight is 367 g/mol. The number of aryl methyl sites for hydroxylation is 1. The molecule has 1 aromatic heterocycles. The first kappa shape index (κ1) is 18.5. The first-order chi connectivity index (χ1) is 12.0. The molecular formula is C17H30N6OS. The van der Waals surface area contributed by atoms with Gasteiger partial charge in [0, 0.05) is 38.3 Å². The van der Waals surface area contributed by atoms with Crippen LogP contribution in [-0.4, -0.2) is 83.0 Å². The molecule has 1 aliphatic heterocycles. The summed E-state index contributed by atoms with van der Waals surface area (Å²) in [6, 6.07) is 0. The fourth-order valence-corrected chi connectivity index (χ4v) is 3.96. The Kier molecular flexibility index (Phi) is 6.24. The van der Waals surface area contributed by atoms with Gasteiger partial charge in [0.05, 0.1) is 22.4 Å². The molecule has 1 aromatic rings. The van der Waals surface area contributed by atoms with Crippen molar-refractivity contribution in [3.63, 3.8) is 0 Å². The molecule has 0 aromatic carbocycles. The highest BCUT2D eigenvalue weighted by molar-refractivity contribution is 7.82. The van der Waals surface area contributed by atoms with Gasteiger partial charge in [-0.2, -0.15) is 4.98 Å². The lowest BCUT2D eigenvalue weighted by Gasteiger charge is -2.33. The van der Waals surface area contributed by atoms with E-state index in [1.807, 2.05) is 14.1 Å². The molecule has 3 rings (SSSR count). The van der Waals surface area contributed by atoms with Crippen LogP contribution in [0, 0.1) is 0 Å². The van der Waals surface area contributed by atoms with Gasteiger partial charge in [-0.3, -0.25) is 0 Å². The second-order valence-corrected chi connectivity index (χ2v) is 8.84. The number of hydrogen-bond acceptors (Lipinski definition) is 6. The number of rotatable bonds is 6. The largest absolute Gasteiger partial charge is 0.369 e. The molecule has 140 valence electrons. The number of likely N-dealkylation sites (N-methyl/N-ethyl adjacent to an activating group) is 1. The van der Waals surface area contributed by atoms with Gasteiger partial charge in [0.25, 0.3) is 0 Å². The molecule has 1 N–H and O–H groups in total. The third kappa shape index (κ3) is 4.68. The van der Waals surface area contributed by atoms with Crippen molar-refractivity contribution in [1.82, 2.24) is 19.2 Å². The Bertz CT molecular complexity index is 615. The van der Waals surface area contributed by atoms with E-state index in [0.29, 0.717) is 12.3 Å². The van der Waals surface area contributed by atoms with Crippen LogP contribution in [0.2, 0.25) is 0 Å². The highest BCUT2D eigenvalue weighted by Gasteiger charge is 2.22. The SMILES string of the molecule is CN1CCN(c2nc3c(c(NCCS(=O)N(C)C)n2)CCCC3)CC1. The maximum atomic E-state index is 11.9. The van der Waals surface area contributed by atoms with E-state index in [0.717, 1.165) is 50.8 Å². The van der Waals surface area contributed by atoms with Crippen molar-refractivity contribution in [2.24, 2.45) is 0 Å². The van der Waals surface area contributed by atoms with E-state index in [4.69, 9.17) is 9.97 Å². The predicted octanol–water partition coefficient (Wildman–Crippen LogP) is 0.744. The third-order valence-electron chi connectivity index (χ3n) is 4.93. The second kappa shape index (κ2) is 8.42. The summed E-state index contributed by atoms with van der Waals surface area (Å²) in [4.78, 5) is 14.4. The molecule has 2 heterocycles. The zero-order valence-corrected chi connectivity index (χ0v) is 16.4. The summed E-state index contributed by atoms with van der Waals surface area (Å²) >= 11 is 0. The number of aromatic nitrogens is 2. The number of nitrogens with zero attached hydrogens (tertiary/aromatic N) is 5. The average Bonchev–Trinajstić information content (AvgIpc) is 2.62. The van der Waals surface area contributed by atoms with E-state index in [-0.39, 0.29) is 0 Å². The molecule has 1 fully saturated rings. The Labute approximate surface area is 153 Å². The van der Waals surface area contributed by atoms with Gasteiger partial charge in [0.1, 0.15) is 5.82 Å². The van der Waals surface area contributed by atoms with Crippen LogP contribution in [0.25, 0.3) is 0 Å². The van der Waals surface area contributed by atoms with Crippen LogP contribution < -0.4 is 10.2 Å². The van der Waals surface area contributed by atoms with E-state index in [1.165, 1.54) is 24.1 Å². The molecule has 0 saturated carbocycles. The minimum atomic E-state index is -0.949. The molecule has 0 amide bonds. The van der Waals surface area contributed by atoms with Crippen molar-refractivity contribution in [3.05, 3.63) is 11.3 Å². The molecule has 1 atom stereocenters. The number of anilines is 2. The second-order valence-electron chi connectivity index (χ2n) is 7.06. The summed E-state index contributed by atoms with van der Waals surface area (Å²) < 4.78 is 13.7. The first-order valence-corrected chi connectivity index (χ1v) is 10.4. The fraction of sp³-hybridized carbons (Fsp3) is 0.765. The number of piperazine rings is 1. The highest BCUT2D eigenvalue weighted by Crippen LogP contribution is 2.28. The topological polar surface area (TPSA) is 64.6 Å². The summed E-state index contributed by atoms with van der Waals surface area (Å²) in [5.74, 6) is 2.40. The molecule has 25 heavy (non-hydrogen) atoms. The maximum Gasteiger partial charge on any atom is 0.227 e. The van der Waals surface area contributed by atoms with Crippen molar-refractivity contribution in [2.75, 3.05) is 69.8 Å². The highest BCUT2D eigenvalue weighted by atomic mass is 32.2. The van der Waals surface area contributed by atoms with Gasteiger partial charge >= 0.3 is 0 Å². The Morgan fingerprint density at radius 2 is 1.84 bits per heavy atom. The smallest absolute Gasteiger partial charge is 0.227 e. The van der Waals surface area contributed by atoms with Gasteiger partial charge in [0.2, 0.25) is 5.95 Å². The summed E-state index contributed by atoms with van der Waals surface area (Å²) in [6.07, 6.45) is 4.48. The molecule has 0 spiro atoms. The van der Waals surface area contributed by atoms with Gasteiger partial charge in [-0.05, 0) is 46.8 Å². The summed E-state index contributed by atoms with van der Waals surface area (Å²) in [5, 5.41) is 3.44. The van der Waals surface area contributed by atoms with Crippen molar-refractivity contribution < 1.29 is 4.21 Å². The Hall–Kier alpha value is -1.25. The molecule has 0 bridgehead atoms. The lowest BCUT2D eigenvalue weighted by molar-refractivity contribution is 0.311. The monoisotopic (exact) mass is 366 g/mol. The fourth-order valence-electron chi connectivity index (χ4n) is 3.31. The summed E-state index contributed by atoms with van der Waals surface area (Å²) in [7, 11) is 4.89. The van der Waals surface area contributed by atoms with Gasteiger partial charge in [0.15, 0.2) is 0 Å². The molecule has 7 nitrogen and oxygen atoms in total. The van der Waals surface area contributed by atoms with E-state index in [2.05, 4.69) is 22.2 Å². The van der Waals surface area contributed by atoms with Crippen molar-refractivity contribution >= 4 is 22.8 Å². The third-order valence-corrected chi connectivity index (χ3v) is 6.30. The Balaban J connectivity index is 1.75. The predicted molar refractivity (Wildman–Crippen MR) is 104 cm³/mol. The molecule has 1 saturated heterocycles. The van der Waals surface area contributed by atoms with Crippen LogP contribution in [0.4, 0.5) is 11.8 Å². The van der Waals surface area contributed by atoms with Crippen LogP contribution in [0.1, 0.15) is 24.1 Å². The number of nitrogens with one attached hydrogen (secondary N) is 1. The van der Waals surface area contributed by atoms with E-state index >= 15 is 0 Å². The summed E-state index contributed by atoms with van der Waals surface area (Å²) in [5.41, 5.74) is 2.46. The normalized spacial score (nSPS) is 19.8. The van der Waals surface area contributed by atoms with Crippen LogP contribution in [0.15, 0.2) is 0 Å². The maximum absolute atomic E-state index is 11.9. The quantitative estimate of drug-likeness (QED) is 0.801. The van der Waals surface area contributed by atoms with Crippen LogP contribution in [-0.2, 0) is 23.8 Å². The van der Waals surface area contributed by atoms with Crippen LogP contribution in [0.5, 0.6) is 0 Å². The molecule has 0 radical (unpaired) electrons. The van der Waals surface area contributed by atoms with E-state index in [1.54, 1.807) is 4.31 Å². The zero-order chi connectivity index (χ0) is 17.8. The number of hydrogen-bond donors (Lipinski definition) is 1. The van der Waals surface area contributed by atoms with Crippen molar-refractivity contribution in [3.8, 4) is 0 Å². The van der Waals surface area contributed by atoms with E-state index in [9.17, 15) is 4.21 Å². The standard InChI is InChI=1S/C17H30N6OS/c1-21(2)25(24)13-8-18-16-14-6-4-5-7-15(14)19-17(20-16)23-11-9-22(3)10-12-23/h4-13H2,1-3H3,(H,18,19,20). The van der Waals surface area contributed by atoms with Crippen molar-refractivity contribution in [1.29, 1.82) is 0 Å². The lowest BCUT2D eigenvalue weighted by atomic mass is 9.96. The Morgan fingerprint density at radius 1 is 1.12 bits per heavy atom. The zero-order valence-electron chi connectivity index (χ0n) is 15.6. The molecular weight excluding hydrogens is 336 g/mol. The van der Waals surface area contributed by atoms with Gasteiger partial charge in [-0.15, -0.1) is 0 Å². The van der Waals surface area contributed by atoms with Crippen LogP contribution >= 0.6 is 0 Å². The summed E-state index contributed by atoms with van der Waals surface area (Å²) in [6.45, 7) is 4.70. The molecule has 8 heteroatoms. The van der Waals surface area contributed by atoms with Crippen LogP contribution in [0.3, 0.4) is 0 Å². The van der Waals surface area contributed by atoms with Gasteiger partial charge in [-0.25, -0.2) is 13.5 Å². The molecule has 1 unspecified atom stereocenters. The molecule has 1 aliphatic carbocycles. The first-order valence-electron chi connectivity index (χ1n) is 9.17. The minimum absolute atomic E-state index is 0.593. The van der Waals surface area contributed by atoms with Crippen molar-refractivity contribution in [2.45, 2.75) is 25.7 Å². The van der Waals surface area contributed by atoms with E-state index < -0.39 is 11.0 Å². The van der Waals surface area contributed by atoms with Gasteiger partial charge in [-0.1, -0.05) is 0 Å². The lowest BCUT2D eigenvalue weighted by Crippen LogP contribution is -2.45. The Morgan fingerprint density at radius 3 is 2.56 bits per heavy atom.